The number of aryl methyl sites for hydroxylation is 1. The zero-order valence-electron chi connectivity index (χ0n) is 15.9. The molecule has 0 aliphatic rings. The van der Waals surface area contributed by atoms with Gasteiger partial charge in [-0.05, 0) is 49.1 Å². The molecule has 0 bridgehead atoms. The molecule has 0 saturated heterocycles. The van der Waals surface area contributed by atoms with E-state index in [0.29, 0.717) is 11.8 Å². The van der Waals surface area contributed by atoms with E-state index < -0.39 is 5.54 Å². The summed E-state index contributed by atoms with van der Waals surface area (Å²) in [5, 5.41) is 14.7. The first-order valence-electron chi connectivity index (χ1n) is 8.29. The van der Waals surface area contributed by atoms with Crippen molar-refractivity contribution in [3.63, 3.8) is 0 Å². The van der Waals surface area contributed by atoms with Gasteiger partial charge in [0.25, 0.3) is 0 Å². The first-order valence-corrected chi connectivity index (χ1v) is 8.29. The Balaban J connectivity index is 0.00000312. The maximum atomic E-state index is 13.3. The summed E-state index contributed by atoms with van der Waals surface area (Å²) in [5.74, 6) is 0.0133. The van der Waals surface area contributed by atoms with Gasteiger partial charge < -0.3 is 10.0 Å². The molecule has 0 saturated carbocycles. The fourth-order valence-corrected chi connectivity index (χ4v) is 2.89. The van der Waals surface area contributed by atoms with Crippen molar-refractivity contribution in [3.05, 3.63) is 82.8 Å². The fraction of sp³-hybridized carbons (Fsp3) is 0.273. The van der Waals surface area contributed by atoms with Crippen molar-refractivity contribution >= 4 is 12.5 Å². The normalized spacial score (nSPS) is 12.1. The molecule has 2 aromatic rings. The predicted molar refractivity (Wildman–Crippen MR) is 100 cm³/mol. The van der Waals surface area contributed by atoms with Crippen LogP contribution in [-0.2, 0) is 5.54 Å². The Labute approximate surface area is 163 Å². The van der Waals surface area contributed by atoms with Crippen molar-refractivity contribution in [1.82, 2.24) is 4.90 Å². The molecule has 0 heterocycles. The topological polar surface area (TPSA) is 26.3 Å². The van der Waals surface area contributed by atoms with E-state index in [9.17, 15) is 5.11 Å². The number of hydrogen-bond acceptors (Lipinski definition) is 2. The maximum absolute atomic E-state index is 13.3. The van der Waals surface area contributed by atoms with Crippen molar-refractivity contribution in [2.24, 2.45) is 0 Å². The predicted octanol–water partition coefficient (Wildman–Crippen LogP) is -0.351. The molecule has 0 aliphatic carbocycles. The number of hydrogen-bond donors (Lipinski definition) is 0. The van der Waals surface area contributed by atoms with Crippen LogP contribution >= 0.6 is 0 Å². The standard InChI is InChI=1S/C22H27NO.Li/c1-6-7-15-23(22(4,5)19-11-9-8-10-12-19)21(24)20-16-17(2)13-14-18(20)3;/h6,8-14,16,24H,1,3,7,15H2,2,4-5H3;/q;+1/p-1/b21-20-;. The first-order chi connectivity index (χ1) is 11.4. The van der Waals surface area contributed by atoms with E-state index in [1.54, 1.807) is 0 Å². The molecule has 2 rings (SSSR count). The first kappa shape index (κ1) is 21.2. The van der Waals surface area contributed by atoms with E-state index in [0.717, 1.165) is 22.8 Å². The number of nitrogens with zero attached hydrogens (tertiary/aromatic N) is 1. The van der Waals surface area contributed by atoms with E-state index in [2.05, 4.69) is 39.1 Å². The van der Waals surface area contributed by atoms with E-state index in [4.69, 9.17) is 0 Å². The smallest absolute Gasteiger partial charge is 0.860 e. The summed E-state index contributed by atoms with van der Waals surface area (Å²) in [7, 11) is 0. The summed E-state index contributed by atoms with van der Waals surface area (Å²) in [5.41, 5.74) is 1.75. The Morgan fingerprint density at radius 3 is 2.40 bits per heavy atom. The van der Waals surface area contributed by atoms with Gasteiger partial charge in [-0.3, -0.25) is 0 Å². The van der Waals surface area contributed by atoms with Crippen molar-refractivity contribution in [2.75, 3.05) is 6.54 Å². The second kappa shape index (κ2) is 8.99. The zero-order chi connectivity index (χ0) is 17.7. The minimum Gasteiger partial charge on any atom is -0.860 e. The summed E-state index contributed by atoms with van der Waals surface area (Å²) in [6.07, 6.45) is 2.60. The van der Waals surface area contributed by atoms with E-state index in [1.165, 1.54) is 0 Å². The molecule has 0 radical (unpaired) electrons. The molecule has 0 unspecified atom stereocenters. The van der Waals surface area contributed by atoms with Crippen LogP contribution in [0, 0.1) is 6.92 Å². The minimum atomic E-state index is -0.419. The molecule has 0 atom stereocenters. The summed E-state index contributed by atoms with van der Waals surface area (Å²) in [4.78, 5) is 1.92. The van der Waals surface area contributed by atoms with Gasteiger partial charge in [0.1, 0.15) is 0 Å². The Morgan fingerprint density at radius 2 is 1.80 bits per heavy atom. The van der Waals surface area contributed by atoms with Gasteiger partial charge in [-0.25, -0.2) is 0 Å². The van der Waals surface area contributed by atoms with Gasteiger partial charge in [0.15, 0.2) is 0 Å². The summed E-state index contributed by atoms with van der Waals surface area (Å²) in [6.45, 7) is 14.6. The molecule has 0 aliphatic heterocycles. The summed E-state index contributed by atoms with van der Waals surface area (Å²) < 4.78 is 0. The van der Waals surface area contributed by atoms with Gasteiger partial charge in [-0.2, -0.15) is 0 Å². The summed E-state index contributed by atoms with van der Waals surface area (Å²) >= 11 is 0. The quantitative estimate of drug-likeness (QED) is 0.535. The van der Waals surface area contributed by atoms with Crippen LogP contribution in [0.15, 0.2) is 61.2 Å². The van der Waals surface area contributed by atoms with Crippen molar-refractivity contribution in [2.45, 2.75) is 32.7 Å². The van der Waals surface area contributed by atoms with E-state index >= 15 is 0 Å². The molecular weight excluding hydrogens is 301 g/mol. The summed E-state index contributed by atoms with van der Waals surface area (Å²) in [6, 6.07) is 15.9. The SMILES string of the molecule is C=CCCN(/C([O-])=c1\cc(C)ccc1=C)C(C)(C)c1ccccc1.[Li+]. The largest absolute Gasteiger partial charge is 1.00 e. The molecule has 2 nitrogen and oxygen atoms in total. The second-order valence-electron chi connectivity index (χ2n) is 6.62. The third-order valence-electron chi connectivity index (χ3n) is 4.45. The van der Waals surface area contributed by atoms with E-state index in [1.807, 2.05) is 54.3 Å². The van der Waals surface area contributed by atoms with Crippen LogP contribution in [0.25, 0.3) is 12.5 Å². The van der Waals surface area contributed by atoms with Crippen LogP contribution in [0.2, 0.25) is 0 Å². The maximum Gasteiger partial charge on any atom is 1.00 e. The van der Waals surface area contributed by atoms with Gasteiger partial charge in [0.2, 0.25) is 0 Å². The molecule has 0 spiro atoms. The molecule has 0 fully saturated rings. The van der Waals surface area contributed by atoms with Crippen LogP contribution in [0.5, 0.6) is 0 Å². The number of rotatable bonds is 6. The van der Waals surface area contributed by atoms with Crippen molar-refractivity contribution in [3.8, 4) is 0 Å². The monoisotopic (exact) mass is 327 g/mol. The average molecular weight is 327 g/mol. The van der Waals surface area contributed by atoms with Crippen LogP contribution in [0.4, 0.5) is 0 Å². The molecule has 0 amide bonds. The van der Waals surface area contributed by atoms with Crippen LogP contribution in [0.1, 0.15) is 31.4 Å². The Morgan fingerprint density at radius 1 is 1.16 bits per heavy atom. The third kappa shape index (κ3) is 4.81. The van der Waals surface area contributed by atoms with E-state index in [-0.39, 0.29) is 24.7 Å². The fourth-order valence-electron chi connectivity index (χ4n) is 2.89. The third-order valence-corrected chi connectivity index (χ3v) is 4.45. The van der Waals surface area contributed by atoms with Crippen molar-refractivity contribution in [1.29, 1.82) is 0 Å². The van der Waals surface area contributed by atoms with Crippen LogP contribution in [0.3, 0.4) is 0 Å². The molecule has 0 N–H and O–H groups in total. The minimum absolute atomic E-state index is 0. The Kier molecular flexibility index (Phi) is 7.61. The molecule has 3 heteroatoms. The molecular formula is C22H26LiNO. The second-order valence-corrected chi connectivity index (χ2v) is 6.62. The van der Waals surface area contributed by atoms with Crippen LogP contribution in [-0.4, -0.2) is 11.4 Å². The average Bonchev–Trinajstić information content (AvgIpc) is 2.57. The Hall–Kier alpha value is -1.88. The van der Waals surface area contributed by atoms with Gasteiger partial charge in [-0.15, -0.1) is 6.58 Å². The molecule has 126 valence electrons. The van der Waals surface area contributed by atoms with Crippen molar-refractivity contribution < 1.29 is 24.0 Å². The Bertz CT molecular complexity index is 812. The van der Waals surface area contributed by atoms with Gasteiger partial charge in [0.05, 0.1) is 5.54 Å². The molecule has 25 heavy (non-hydrogen) atoms. The number of benzene rings is 2. The van der Waals surface area contributed by atoms with Gasteiger partial charge in [-0.1, -0.05) is 66.7 Å². The van der Waals surface area contributed by atoms with Gasteiger partial charge in [0, 0.05) is 6.54 Å². The van der Waals surface area contributed by atoms with Crippen LogP contribution < -0.4 is 34.4 Å². The zero-order valence-corrected chi connectivity index (χ0v) is 15.9. The molecule has 0 aromatic heterocycles. The molecule has 2 aromatic carbocycles. The van der Waals surface area contributed by atoms with Gasteiger partial charge >= 0.3 is 18.9 Å².